The molecule has 0 saturated carbocycles. The van der Waals surface area contributed by atoms with Crippen LogP contribution in [0.25, 0.3) is 11.1 Å². The smallest absolute Gasteiger partial charge is 0.225 e. The lowest BCUT2D eigenvalue weighted by Crippen LogP contribution is -2.44. The number of nitrogens with one attached hydrogen (secondary N) is 1. The highest BCUT2D eigenvalue weighted by Crippen LogP contribution is 2.19. The first-order valence-corrected chi connectivity index (χ1v) is 5.74. The van der Waals surface area contributed by atoms with E-state index >= 15 is 0 Å². The minimum Gasteiger partial charge on any atom is -0.472 e. The van der Waals surface area contributed by atoms with Crippen molar-refractivity contribution in [1.82, 2.24) is 15.3 Å². The number of piperazine rings is 1. The Morgan fingerprint density at radius 3 is 2.53 bits per heavy atom. The normalized spacial score (nSPS) is 16.1. The molecule has 0 unspecified atom stereocenters. The summed E-state index contributed by atoms with van der Waals surface area (Å²) in [6.45, 7) is 3.91. The second-order valence-corrected chi connectivity index (χ2v) is 4.02. The predicted octanol–water partition coefficient (Wildman–Crippen LogP) is 1.15. The first-order chi connectivity index (χ1) is 8.43. The standard InChI is InChI=1S/C12H14N4O/c1-6-17-9-10(1)11-7-14-12(15-8-11)16-4-2-13-3-5-16/h1,6-9,13H,2-5H2. The first-order valence-electron chi connectivity index (χ1n) is 5.74. The number of furan rings is 1. The van der Waals surface area contributed by atoms with Crippen LogP contribution in [-0.2, 0) is 0 Å². The van der Waals surface area contributed by atoms with Crippen LogP contribution in [0.1, 0.15) is 0 Å². The predicted molar refractivity (Wildman–Crippen MR) is 64.8 cm³/mol. The molecule has 1 aliphatic heterocycles. The highest BCUT2D eigenvalue weighted by molar-refractivity contribution is 5.60. The van der Waals surface area contributed by atoms with E-state index in [2.05, 4.69) is 20.2 Å². The van der Waals surface area contributed by atoms with Gasteiger partial charge in [-0.3, -0.25) is 0 Å². The second-order valence-electron chi connectivity index (χ2n) is 4.02. The van der Waals surface area contributed by atoms with Gasteiger partial charge in [-0.1, -0.05) is 0 Å². The number of anilines is 1. The van der Waals surface area contributed by atoms with E-state index in [-0.39, 0.29) is 0 Å². The summed E-state index contributed by atoms with van der Waals surface area (Å²) in [5.41, 5.74) is 1.99. The van der Waals surface area contributed by atoms with Crippen LogP contribution in [0, 0.1) is 0 Å². The van der Waals surface area contributed by atoms with Crippen LogP contribution >= 0.6 is 0 Å². The van der Waals surface area contributed by atoms with Crippen LogP contribution < -0.4 is 10.2 Å². The number of aromatic nitrogens is 2. The molecule has 0 aliphatic carbocycles. The lowest BCUT2D eigenvalue weighted by Gasteiger charge is -2.27. The van der Waals surface area contributed by atoms with Gasteiger partial charge in [-0.2, -0.15) is 0 Å². The van der Waals surface area contributed by atoms with Crippen LogP contribution in [0.5, 0.6) is 0 Å². The molecule has 2 aromatic heterocycles. The Balaban J connectivity index is 1.80. The third-order valence-corrected chi connectivity index (χ3v) is 2.89. The van der Waals surface area contributed by atoms with Gasteiger partial charge in [0.15, 0.2) is 0 Å². The van der Waals surface area contributed by atoms with Crippen molar-refractivity contribution in [3.05, 3.63) is 31.0 Å². The minimum atomic E-state index is 0.804. The molecule has 2 aromatic rings. The largest absolute Gasteiger partial charge is 0.472 e. The fourth-order valence-electron chi connectivity index (χ4n) is 1.93. The summed E-state index contributed by atoms with van der Waals surface area (Å²) in [4.78, 5) is 11.0. The Bertz CT molecular complexity index is 460. The Morgan fingerprint density at radius 2 is 1.88 bits per heavy atom. The molecule has 0 radical (unpaired) electrons. The summed E-state index contributed by atoms with van der Waals surface area (Å²) in [7, 11) is 0. The van der Waals surface area contributed by atoms with Crippen molar-refractivity contribution in [2.24, 2.45) is 0 Å². The maximum Gasteiger partial charge on any atom is 0.225 e. The van der Waals surface area contributed by atoms with E-state index in [0.717, 1.165) is 43.3 Å². The SMILES string of the molecule is c1cc(-c2cnc(N3CCNCC3)nc2)co1. The summed E-state index contributed by atoms with van der Waals surface area (Å²) < 4.78 is 5.04. The van der Waals surface area contributed by atoms with Gasteiger partial charge in [0.1, 0.15) is 0 Å². The zero-order chi connectivity index (χ0) is 11.5. The molecule has 1 fully saturated rings. The molecular weight excluding hydrogens is 216 g/mol. The Hall–Kier alpha value is -1.88. The third kappa shape index (κ3) is 2.14. The first kappa shape index (κ1) is 10.3. The average molecular weight is 230 g/mol. The number of nitrogens with zero attached hydrogens (tertiary/aromatic N) is 3. The van der Waals surface area contributed by atoms with Crippen LogP contribution in [0.3, 0.4) is 0 Å². The maximum absolute atomic E-state index is 5.04. The van der Waals surface area contributed by atoms with E-state index < -0.39 is 0 Å². The van der Waals surface area contributed by atoms with Gasteiger partial charge in [0.25, 0.3) is 0 Å². The molecule has 1 N–H and O–H groups in total. The summed E-state index contributed by atoms with van der Waals surface area (Å²) in [5.74, 6) is 0.804. The van der Waals surface area contributed by atoms with E-state index in [9.17, 15) is 0 Å². The molecule has 0 aromatic carbocycles. The summed E-state index contributed by atoms with van der Waals surface area (Å²) in [6, 6.07) is 1.91. The van der Waals surface area contributed by atoms with Crippen molar-refractivity contribution in [1.29, 1.82) is 0 Å². The molecule has 0 bridgehead atoms. The van der Waals surface area contributed by atoms with Crippen molar-refractivity contribution in [3.63, 3.8) is 0 Å². The Morgan fingerprint density at radius 1 is 1.12 bits per heavy atom. The van der Waals surface area contributed by atoms with Gasteiger partial charge < -0.3 is 14.6 Å². The fourth-order valence-corrected chi connectivity index (χ4v) is 1.93. The van der Waals surface area contributed by atoms with Crippen molar-refractivity contribution >= 4 is 5.95 Å². The lowest BCUT2D eigenvalue weighted by molar-refractivity contribution is 0.568. The van der Waals surface area contributed by atoms with Gasteiger partial charge in [-0.15, -0.1) is 0 Å². The van der Waals surface area contributed by atoms with Crippen molar-refractivity contribution < 1.29 is 4.42 Å². The molecule has 5 nitrogen and oxygen atoms in total. The van der Waals surface area contributed by atoms with Gasteiger partial charge in [0, 0.05) is 49.7 Å². The van der Waals surface area contributed by atoms with E-state index in [1.54, 1.807) is 12.5 Å². The maximum atomic E-state index is 5.04. The second kappa shape index (κ2) is 4.55. The number of hydrogen-bond donors (Lipinski definition) is 1. The fraction of sp³-hybridized carbons (Fsp3) is 0.333. The van der Waals surface area contributed by atoms with E-state index in [1.165, 1.54) is 0 Å². The van der Waals surface area contributed by atoms with Crippen LogP contribution in [0.2, 0.25) is 0 Å². The summed E-state index contributed by atoms with van der Waals surface area (Å²) >= 11 is 0. The Labute approximate surface area is 99.5 Å². The van der Waals surface area contributed by atoms with Gasteiger partial charge in [0.05, 0.1) is 12.5 Å². The molecule has 5 heteroatoms. The van der Waals surface area contributed by atoms with Gasteiger partial charge >= 0.3 is 0 Å². The van der Waals surface area contributed by atoms with E-state index in [4.69, 9.17) is 4.42 Å². The monoisotopic (exact) mass is 230 g/mol. The van der Waals surface area contributed by atoms with E-state index in [1.807, 2.05) is 18.5 Å². The highest BCUT2D eigenvalue weighted by atomic mass is 16.3. The lowest BCUT2D eigenvalue weighted by atomic mass is 10.2. The highest BCUT2D eigenvalue weighted by Gasteiger charge is 2.12. The minimum absolute atomic E-state index is 0.804. The quantitative estimate of drug-likeness (QED) is 0.838. The third-order valence-electron chi connectivity index (χ3n) is 2.89. The van der Waals surface area contributed by atoms with Crippen molar-refractivity contribution in [3.8, 4) is 11.1 Å². The summed E-state index contributed by atoms with van der Waals surface area (Å²) in [5, 5.41) is 3.31. The van der Waals surface area contributed by atoms with Crippen LogP contribution in [0.15, 0.2) is 35.4 Å². The molecule has 0 amide bonds. The van der Waals surface area contributed by atoms with Gasteiger partial charge in [-0.25, -0.2) is 9.97 Å². The topological polar surface area (TPSA) is 54.2 Å². The molecule has 88 valence electrons. The average Bonchev–Trinajstić information content (AvgIpc) is 2.94. The number of rotatable bonds is 2. The zero-order valence-electron chi connectivity index (χ0n) is 9.47. The Kier molecular flexibility index (Phi) is 2.75. The van der Waals surface area contributed by atoms with Crippen LogP contribution in [-0.4, -0.2) is 36.1 Å². The molecule has 0 spiro atoms. The van der Waals surface area contributed by atoms with E-state index in [0.29, 0.717) is 0 Å². The van der Waals surface area contributed by atoms with Crippen molar-refractivity contribution in [2.45, 2.75) is 0 Å². The summed E-state index contributed by atoms with van der Waals surface area (Å²) in [6.07, 6.45) is 7.03. The van der Waals surface area contributed by atoms with Crippen molar-refractivity contribution in [2.75, 3.05) is 31.1 Å². The molecule has 1 aliphatic rings. The molecular formula is C12H14N4O. The number of hydrogen-bond acceptors (Lipinski definition) is 5. The molecule has 3 heterocycles. The molecule has 17 heavy (non-hydrogen) atoms. The van der Waals surface area contributed by atoms with Crippen LogP contribution in [0.4, 0.5) is 5.95 Å². The molecule has 1 saturated heterocycles. The molecule has 3 rings (SSSR count). The van der Waals surface area contributed by atoms with Gasteiger partial charge in [-0.05, 0) is 6.07 Å². The molecule has 0 atom stereocenters. The van der Waals surface area contributed by atoms with Gasteiger partial charge in [0.2, 0.25) is 5.95 Å². The zero-order valence-corrected chi connectivity index (χ0v) is 9.47.